The zero-order valence-electron chi connectivity index (χ0n) is 11.0. The molecular formula is C13H12ClN3O2S2. The lowest BCUT2D eigenvalue weighted by Gasteiger charge is -2.09. The van der Waals surface area contributed by atoms with Crippen LogP contribution in [0.2, 0.25) is 5.02 Å². The number of hydrogen-bond donors (Lipinski definition) is 3. The minimum Gasteiger partial charge on any atom is -0.302 e. The van der Waals surface area contributed by atoms with E-state index < -0.39 is 5.91 Å². The van der Waals surface area contributed by atoms with E-state index in [9.17, 15) is 9.59 Å². The smallest absolute Gasteiger partial charge is 0.281 e. The van der Waals surface area contributed by atoms with Crippen molar-refractivity contribution in [1.82, 2.24) is 16.2 Å². The summed E-state index contributed by atoms with van der Waals surface area (Å²) in [4.78, 5) is 23.6. The first-order valence-corrected chi connectivity index (χ1v) is 7.70. The molecule has 0 aliphatic rings. The van der Waals surface area contributed by atoms with E-state index in [0.29, 0.717) is 16.3 Å². The van der Waals surface area contributed by atoms with Gasteiger partial charge in [-0.1, -0.05) is 36.7 Å². The van der Waals surface area contributed by atoms with Gasteiger partial charge in [-0.2, -0.15) is 0 Å². The molecule has 0 saturated carbocycles. The van der Waals surface area contributed by atoms with Crippen LogP contribution >= 0.6 is 35.2 Å². The Morgan fingerprint density at radius 2 is 2.00 bits per heavy atom. The predicted molar refractivity (Wildman–Crippen MR) is 88.5 cm³/mol. The van der Waals surface area contributed by atoms with Crippen molar-refractivity contribution < 1.29 is 9.59 Å². The summed E-state index contributed by atoms with van der Waals surface area (Å²) in [6, 6.07) is 7.48. The normalized spacial score (nSPS) is 10.2. The van der Waals surface area contributed by atoms with Crippen LogP contribution in [0.5, 0.6) is 0 Å². The second-order valence-electron chi connectivity index (χ2n) is 4.05. The zero-order valence-corrected chi connectivity index (χ0v) is 13.4. The van der Waals surface area contributed by atoms with Gasteiger partial charge in [0.15, 0.2) is 5.11 Å². The van der Waals surface area contributed by atoms with Crippen LogP contribution in [0.1, 0.15) is 23.0 Å². The van der Waals surface area contributed by atoms with Crippen LogP contribution in [0.3, 0.4) is 0 Å². The minimum atomic E-state index is -0.408. The number of hydrazine groups is 1. The number of thiocarbonyl (C=S) groups is 1. The number of halogens is 1. The van der Waals surface area contributed by atoms with E-state index >= 15 is 0 Å². The van der Waals surface area contributed by atoms with Crippen LogP contribution in [0.25, 0.3) is 10.1 Å². The summed E-state index contributed by atoms with van der Waals surface area (Å²) in [5, 5.41) is 3.68. The molecule has 21 heavy (non-hydrogen) atoms. The van der Waals surface area contributed by atoms with Gasteiger partial charge < -0.3 is 5.32 Å². The Balaban J connectivity index is 2.04. The first-order valence-electron chi connectivity index (χ1n) is 6.10. The number of nitrogens with one attached hydrogen (secondary N) is 3. The lowest BCUT2D eigenvalue weighted by Crippen LogP contribution is -2.48. The Morgan fingerprint density at radius 3 is 2.67 bits per heavy atom. The Bertz CT molecular complexity index is 715. The van der Waals surface area contributed by atoms with Crippen molar-refractivity contribution in [2.75, 3.05) is 0 Å². The molecule has 0 radical (unpaired) electrons. The molecule has 5 nitrogen and oxygen atoms in total. The number of rotatable bonds is 2. The van der Waals surface area contributed by atoms with E-state index in [2.05, 4.69) is 16.2 Å². The highest BCUT2D eigenvalue weighted by Gasteiger charge is 2.16. The SMILES string of the molecule is CCC(=O)NC(=S)NNC(=O)c1sc2ccccc2c1Cl. The molecule has 0 fully saturated rings. The van der Waals surface area contributed by atoms with Crippen molar-refractivity contribution >= 4 is 62.2 Å². The average molecular weight is 342 g/mol. The molecule has 1 aromatic carbocycles. The van der Waals surface area contributed by atoms with Crippen LogP contribution in [-0.2, 0) is 4.79 Å². The van der Waals surface area contributed by atoms with Gasteiger partial charge in [0.25, 0.3) is 5.91 Å². The van der Waals surface area contributed by atoms with Crippen molar-refractivity contribution in [1.29, 1.82) is 0 Å². The maximum Gasteiger partial charge on any atom is 0.281 e. The molecule has 0 spiro atoms. The number of hydrogen-bond acceptors (Lipinski definition) is 4. The Kier molecular flexibility index (Phi) is 5.11. The molecule has 1 aromatic heterocycles. The quantitative estimate of drug-likeness (QED) is 0.580. The fourth-order valence-corrected chi connectivity index (χ4v) is 3.15. The summed E-state index contributed by atoms with van der Waals surface area (Å²) >= 11 is 12.4. The maximum absolute atomic E-state index is 12.1. The standard InChI is InChI=1S/C13H12ClN3O2S2/c1-2-9(18)15-13(20)17-16-12(19)11-10(14)7-5-3-4-6-8(7)21-11/h3-6H,2H2,1H3,(H,16,19)(H2,15,17,18,20). The molecule has 110 valence electrons. The summed E-state index contributed by atoms with van der Waals surface area (Å²) in [6.07, 6.45) is 0.303. The molecule has 2 rings (SSSR count). The van der Waals surface area contributed by atoms with Crippen molar-refractivity contribution in [3.05, 3.63) is 34.2 Å². The van der Waals surface area contributed by atoms with Gasteiger partial charge >= 0.3 is 0 Å². The van der Waals surface area contributed by atoms with Gasteiger partial charge in [0.1, 0.15) is 4.88 Å². The molecule has 3 N–H and O–H groups in total. The van der Waals surface area contributed by atoms with Gasteiger partial charge in [-0.3, -0.25) is 20.4 Å². The maximum atomic E-state index is 12.1. The summed E-state index contributed by atoms with van der Waals surface area (Å²) < 4.78 is 0.925. The Hall–Kier alpha value is -1.70. The minimum absolute atomic E-state index is 0.0347. The highest BCUT2D eigenvalue weighted by molar-refractivity contribution is 7.80. The predicted octanol–water partition coefficient (Wildman–Crippen LogP) is 2.60. The number of fused-ring (bicyclic) bond motifs is 1. The van der Waals surface area contributed by atoms with Gasteiger partial charge in [0, 0.05) is 16.5 Å². The van der Waals surface area contributed by atoms with Crippen molar-refractivity contribution in [2.45, 2.75) is 13.3 Å². The summed E-state index contributed by atoms with van der Waals surface area (Å²) in [7, 11) is 0. The Morgan fingerprint density at radius 1 is 1.29 bits per heavy atom. The average Bonchev–Trinajstić information content (AvgIpc) is 2.82. The van der Waals surface area contributed by atoms with Crippen LogP contribution in [0, 0.1) is 0 Å². The Labute approximate surface area is 135 Å². The van der Waals surface area contributed by atoms with Gasteiger partial charge in [-0.15, -0.1) is 11.3 Å². The number of carbonyl (C=O) groups excluding carboxylic acids is 2. The summed E-state index contributed by atoms with van der Waals surface area (Å²) in [5.41, 5.74) is 4.88. The molecule has 0 aliphatic heterocycles. The lowest BCUT2D eigenvalue weighted by atomic mass is 10.2. The molecule has 0 saturated heterocycles. The van der Waals surface area contributed by atoms with Gasteiger partial charge in [-0.05, 0) is 18.3 Å². The van der Waals surface area contributed by atoms with E-state index in [-0.39, 0.29) is 11.0 Å². The molecule has 0 atom stereocenters. The number of benzene rings is 1. The van der Waals surface area contributed by atoms with Crippen LogP contribution < -0.4 is 16.2 Å². The van der Waals surface area contributed by atoms with Crippen molar-refractivity contribution in [3.63, 3.8) is 0 Å². The van der Waals surface area contributed by atoms with E-state index in [1.165, 1.54) is 11.3 Å². The number of carbonyl (C=O) groups is 2. The third-order valence-electron chi connectivity index (χ3n) is 2.60. The van der Waals surface area contributed by atoms with E-state index in [4.69, 9.17) is 23.8 Å². The first kappa shape index (κ1) is 15.7. The highest BCUT2D eigenvalue weighted by atomic mass is 35.5. The zero-order chi connectivity index (χ0) is 15.4. The van der Waals surface area contributed by atoms with E-state index in [1.807, 2.05) is 24.3 Å². The molecule has 8 heteroatoms. The van der Waals surface area contributed by atoms with Gasteiger partial charge in [0.05, 0.1) is 5.02 Å². The van der Waals surface area contributed by atoms with Crippen LogP contribution in [0.4, 0.5) is 0 Å². The molecule has 2 aromatic rings. The van der Waals surface area contributed by atoms with Crippen molar-refractivity contribution in [3.8, 4) is 0 Å². The van der Waals surface area contributed by atoms with Gasteiger partial charge in [-0.25, -0.2) is 0 Å². The highest BCUT2D eigenvalue weighted by Crippen LogP contribution is 2.34. The monoisotopic (exact) mass is 341 g/mol. The molecule has 0 aliphatic carbocycles. The van der Waals surface area contributed by atoms with Crippen LogP contribution in [-0.4, -0.2) is 16.9 Å². The van der Waals surface area contributed by atoms with E-state index in [1.54, 1.807) is 6.92 Å². The third kappa shape index (κ3) is 3.69. The van der Waals surface area contributed by atoms with Gasteiger partial charge in [0.2, 0.25) is 5.91 Å². The van der Waals surface area contributed by atoms with E-state index in [0.717, 1.165) is 10.1 Å². The molecule has 2 amide bonds. The molecule has 0 bridgehead atoms. The molecule has 0 unspecified atom stereocenters. The second-order valence-corrected chi connectivity index (χ2v) is 5.89. The molecular weight excluding hydrogens is 330 g/mol. The molecule has 1 heterocycles. The topological polar surface area (TPSA) is 70.2 Å². The second kappa shape index (κ2) is 6.84. The lowest BCUT2D eigenvalue weighted by molar-refractivity contribution is -0.119. The largest absolute Gasteiger partial charge is 0.302 e. The number of thiophene rings is 1. The fourth-order valence-electron chi connectivity index (χ4n) is 1.58. The summed E-state index contributed by atoms with van der Waals surface area (Å²) in [5.74, 6) is -0.643. The van der Waals surface area contributed by atoms with Crippen molar-refractivity contribution in [2.24, 2.45) is 0 Å². The third-order valence-corrected chi connectivity index (χ3v) is 4.48. The first-order chi connectivity index (χ1) is 10.0. The number of amides is 2. The summed E-state index contributed by atoms with van der Waals surface area (Å²) in [6.45, 7) is 1.70. The van der Waals surface area contributed by atoms with Crippen LogP contribution in [0.15, 0.2) is 24.3 Å². The fraction of sp³-hybridized carbons (Fsp3) is 0.154.